The van der Waals surface area contributed by atoms with E-state index in [1.807, 2.05) is 45.0 Å². The lowest BCUT2D eigenvalue weighted by atomic mass is 9.98. The molecular weight excluding hydrogens is 430 g/mol. The lowest BCUT2D eigenvalue weighted by molar-refractivity contribution is -0.137. The average Bonchev–Trinajstić information content (AvgIpc) is 3.10. The zero-order chi connectivity index (χ0) is 24.3. The number of benzene rings is 3. The molecule has 0 unspecified atom stereocenters. The van der Waals surface area contributed by atoms with Crippen LogP contribution in [-0.4, -0.2) is 29.4 Å². The summed E-state index contributed by atoms with van der Waals surface area (Å²) in [6.07, 6.45) is -0.932. The highest BCUT2D eigenvalue weighted by atomic mass is 16.5. The number of carbonyl (C=O) groups is 2. The molecular formula is C28H29NO5. The third-order valence-corrected chi connectivity index (χ3v) is 5.70. The van der Waals surface area contributed by atoms with Crippen molar-refractivity contribution in [3.05, 3.63) is 89.5 Å². The Balaban J connectivity index is 1.48. The number of ether oxygens (including phenoxy) is 2. The Morgan fingerprint density at radius 2 is 1.56 bits per heavy atom. The van der Waals surface area contributed by atoms with E-state index < -0.39 is 23.7 Å². The zero-order valence-electron chi connectivity index (χ0n) is 19.6. The monoisotopic (exact) mass is 459 g/mol. The van der Waals surface area contributed by atoms with Crippen molar-refractivity contribution in [2.24, 2.45) is 0 Å². The Morgan fingerprint density at radius 1 is 0.941 bits per heavy atom. The van der Waals surface area contributed by atoms with Crippen LogP contribution in [-0.2, 0) is 9.53 Å². The number of carboxylic acid groups (broad SMARTS) is 1. The van der Waals surface area contributed by atoms with E-state index >= 15 is 0 Å². The van der Waals surface area contributed by atoms with E-state index in [4.69, 9.17) is 9.47 Å². The lowest BCUT2D eigenvalue weighted by Gasteiger charge is -2.23. The van der Waals surface area contributed by atoms with Crippen LogP contribution in [0.15, 0.2) is 72.8 Å². The van der Waals surface area contributed by atoms with Gasteiger partial charge in [0.2, 0.25) is 0 Å². The van der Waals surface area contributed by atoms with Gasteiger partial charge in [0.1, 0.15) is 18.0 Å². The second kappa shape index (κ2) is 9.59. The molecule has 0 aliphatic heterocycles. The molecule has 4 rings (SSSR count). The summed E-state index contributed by atoms with van der Waals surface area (Å²) in [5.74, 6) is -0.486. The highest BCUT2D eigenvalue weighted by Gasteiger charge is 2.29. The van der Waals surface area contributed by atoms with Crippen molar-refractivity contribution >= 4 is 12.1 Å². The number of nitrogens with one attached hydrogen (secondary N) is 1. The van der Waals surface area contributed by atoms with Crippen molar-refractivity contribution in [1.29, 1.82) is 0 Å². The van der Waals surface area contributed by atoms with Crippen LogP contribution in [0.4, 0.5) is 4.79 Å². The number of carbonyl (C=O) groups excluding carboxylic acids is 1. The molecule has 6 heteroatoms. The molecule has 6 nitrogen and oxygen atoms in total. The van der Waals surface area contributed by atoms with Crippen LogP contribution in [0.5, 0.6) is 5.75 Å². The van der Waals surface area contributed by atoms with Crippen LogP contribution in [0.1, 0.15) is 55.8 Å². The summed E-state index contributed by atoms with van der Waals surface area (Å²) in [6.45, 7) is 5.96. The number of fused-ring (bicyclic) bond motifs is 3. The van der Waals surface area contributed by atoms with Gasteiger partial charge in [-0.1, -0.05) is 60.7 Å². The predicted octanol–water partition coefficient (Wildman–Crippen LogP) is 5.92. The topological polar surface area (TPSA) is 84.9 Å². The Morgan fingerprint density at radius 3 is 2.15 bits per heavy atom. The summed E-state index contributed by atoms with van der Waals surface area (Å²) in [7, 11) is 0. The summed E-state index contributed by atoms with van der Waals surface area (Å²) < 4.78 is 11.5. The van der Waals surface area contributed by atoms with Crippen LogP contribution < -0.4 is 10.1 Å². The van der Waals surface area contributed by atoms with Crippen LogP contribution in [0, 0.1) is 0 Å². The van der Waals surface area contributed by atoms with Crippen molar-refractivity contribution < 1.29 is 24.2 Å². The molecule has 0 spiro atoms. The summed E-state index contributed by atoms with van der Waals surface area (Å²) in [5.41, 5.74) is 4.76. The molecule has 1 amide bonds. The van der Waals surface area contributed by atoms with Crippen LogP contribution in [0.25, 0.3) is 11.1 Å². The Labute approximate surface area is 199 Å². The number of alkyl carbamates (subject to hydrolysis) is 1. The Bertz CT molecular complexity index is 1150. The second-order valence-electron chi connectivity index (χ2n) is 9.41. The van der Waals surface area contributed by atoms with Gasteiger partial charge < -0.3 is 19.9 Å². The van der Waals surface area contributed by atoms with Gasteiger partial charge in [-0.3, -0.25) is 4.79 Å². The molecule has 0 bridgehead atoms. The quantitative estimate of drug-likeness (QED) is 0.458. The molecule has 0 saturated heterocycles. The second-order valence-corrected chi connectivity index (χ2v) is 9.41. The SMILES string of the molecule is CC(C)(C)Oc1cccc([C@H](CC(=O)O)NC(=O)OCC2c3ccccc3-c3ccccc32)c1. The highest BCUT2D eigenvalue weighted by Crippen LogP contribution is 2.44. The minimum absolute atomic E-state index is 0.0698. The fraction of sp³-hybridized carbons (Fsp3) is 0.286. The van der Waals surface area contributed by atoms with Crippen LogP contribution >= 0.6 is 0 Å². The van der Waals surface area contributed by atoms with Gasteiger partial charge in [-0.25, -0.2) is 4.79 Å². The van der Waals surface area contributed by atoms with Crippen LogP contribution in [0.2, 0.25) is 0 Å². The first-order chi connectivity index (χ1) is 16.2. The third kappa shape index (κ3) is 5.39. The number of hydrogen-bond acceptors (Lipinski definition) is 4. The fourth-order valence-electron chi connectivity index (χ4n) is 4.36. The molecule has 3 aromatic carbocycles. The fourth-order valence-corrected chi connectivity index (χ4v) is 4.36. The molecule has 0 aromatic heterocycles. The number of amides is 1. The largest absolute Gasteiger partial charge is 0.488 e. The van der Waals surface area contributed by atoms with Gasteiger partial charge in [0, 0.05) is 5.92 Å². The number of aliphatic carboxylic acids is 1. The van der Waals surface area contributed by atoms with E-state index in [0.717, 1.165) is 22.3 Å². The first kappa shape index (κ1) is 23.4. The molecule has 3 aromatic rings. The highest BCUT2D eigenvalue weighted by molar-refractivity contribution is 5.79. The van der Waals surface area contributed by atoms with Gasteiger partial charge in [0.05, 0.1) is 12.5 Å². The van der Waals surface area contributed by atoms with E-state index in [1.54, 1.807) is 24.3 Å². The Hall–Kier alpha value is -3.80. The molecule has 0 saturated carbocycles. The normalized spacial score (nSPS) is 13.5. The molecule has 0 fully saturated rings. The summed E-state index contributed by atoms with van der Waals surface area (Å²) in [6, 6.07) is 22.6. The maximum atomic E-state index is 12.7. The smallest absolute Gasteiger partial charge is 0.407 e. The summed E-state index contributed by atoms with van der Waals surface area (Å²) >= 11 is 0. The first-order valence-corrected chi connectivity index (χ1v) is 11.3. The molecule has 1 aliphatic carbocycles. The van der Waals surface area contributed by atoms with Gasteiger partial charge in [-0.2, -0.15) is 0 Å². The van der Waals surface area contributed by atoms with Gasteiger partial charge in [-0.05, 0) is 60.7 Å². The zero-order valence-corrected chi connectivity index (χ0v) is 19.6. The van der Waals surface area contributed by atoms with Crippen molar-refractivity contribution in [1.82, 2.24) is 5.32 Å². The maximum absolute atomic E-state index is 12.7. The number of rotatable bonds is 7. The van der Waals surface area contributed by atoms with E-state index in [2.05, 4.69) is 29.6 Å². The molecule has 2 N–H and O–H groups in total. The minimum Gasteiger partial charge on any atom is -0.488 e. The average molecular weight is 460 g/mol. The van der Waals surface area contributed by atoms with Crippen molar-refractivity contribution in [3.63, 3.8) is 0 Å². The third-order valence-electron chi connectivity index (χ3n) is 5.70. The molecule has 34 heavy (non-hydrogen) atoms. The standard InChI is InChI=1S/C28H29NO5/c1-28(2,3)34-19-10-8-9-18(15-19)25(16-26(30)31)29-27(32)33-17-24-22-13-6-4-11-20(22)21-12-5-7-14-23(21)24/h4-15,24-25H,16-17H2,1-3H3,(H,29,32)(H,30,31)/t25-/m0/s1. The maximum Gasteiger partial charge on any atom is 0.407 e. The number of hydrogen-bond donors (Lipinski definition) is 2. The molecule has 1 aliphatic rings. The van der Waals surface area contributed by atoms with Crippen LogP contribution in [0.3, 0.4) is 0 Å². The Kier molecular flexibility index (Phi) is 6.59. The van der Waals surface area contributed by atoms with Crippen molar-refractivity contribution in [2.45, 2.75) is 44.8 Å². The van der Waals surface area contributed by atoms with Crippen molar-refractivity contribution in [3.8, 4) is 16.9 Å². The van der Waals surface area contributed by atoms with Gasteiger partial charge in [0.15, 0.2) is 0 Å². The predicted molar refractivity (Wildman–Crippen MR) is 130 cm³/mol. The van der Waals surface area contributed by atoms with E-state index in [-0.39, 0.29) is 18.9 Å². The first-order valence-electron chi connectivity index (χ1n) is 11.3. The van der Waals surface area contributed by atoms with Gasteiger partial charge in [0.25, 0.3) is 0 Å². The summed E-state index contributed by atoms with van der Waals surface area (Å²) in [4.78, 5) is 24.2. The van der Waals surface area contributed by atoms with Gasteiger partial charge in [-0.15, -0.1) is 0 Å². The molecule has 1 atom stereocenters. The lowest BCUT2D eigenvalue weighted by Crippen LogP contribution is -2.31. The molecule has 176 valence electrons. The number of carboxylic acids is 1. The molecule has 0 heterocycles. The summed E-state index contributed by atoms with van der Waals surface area (Å²) in [5, 5.41) is 12.1. The minimum atomic E-state index is -1.02. The van der Waals surface area contributed by atoms with Gasteiger partial charge >= 0.3 is 12.1 Å². The van der Waals surface area contributed by atoms with Crippen molar-refractivity contribution in [2.75, 3.05) is 6.61 Å². The van der Waals surface area contributed by atoms with E-state index in [9.17, 15) is 14.7 Å². The van der Waals surface area contributed by atoms with E-state index in [1.165, 1.54) is 0 Å². The van der Waals surface area contributed by atoms with E-state index in [0.29, 0.717) is 11.3 Å². The molecule has 0 radical (unpaired) electrons.